The minimum atomic E-state index is -3.70. The van der Waals surface area contributed by atoms with Crippen molar-refractivity contribution in [2.45, 2.75) is 44.0 Å². The van der Waals surface area contributed by atoms with E-state index >= 15 is 0 Å². The number of hydrogen-bond acceptors (Lipinski definition) is 8. The van der Waals surface area contributed by atoms with Gasteiger partial charge in [0.2, 0.25) is 15.9 Å². The summed E-state index contributed by atoms with van der Waals surface area (Å²) in [7, 11) is -6.61. The molecule has 4 heterocycles. The number of carbonyl (C=O) groups is 1. The Bertz CT molecular complexity index is 1020. The molecule has 0 unspecified atom stereocenters. The van der Waals surface area contributed by atoms with E-state index in [9.17, 15) is 21.6 Å². The Morgan fingerprint density at radius 1 is 1.03 bits per heavy atom. The number of piperazine rings is 1. The highest BCUT2D eigenvalue weighted by Crippen LogP contribution is 2.27. The average Bonchev–Trinajstić information content (AvgIpc) is 3.28. The number of rotatable bonds is 4. The van der Waals surface area contributed by atoms with Crippen LogP contribution >= 0.6 is 0 Å². The lowest BCUT2D eigenvalue weighted by Gasteiger charge is -2.39. The molecule has 0 aliphatic carbocycles. The molecule has 1 aromatic rings. The van der Waals surface area contributed by atoms with Crippen molar-refractivity contribution in [1.82, 2.24) is 19.3 Å². The maximum Gasteiger partial charge on any atom is 0.248 e. The van der Waals surface area contributed by atoms with E-state index in [2.05, 4.69) is 10.1 Å². The Morgan fingerprint density at radius 3 is 2.19 bits per heavy atom. The number of sulfone groups is 1. The zero-order chi connectivity index (χ0) is 22.4. The third kappa shape index (κ3) is 4.53. The van der Waals surface area contributed by atoms with Crippen molar-refractivity contribution in [2.75, 3.05) is 50.8 Å². The van der Waals surface area contributed by atoms with Crippen molar-refractivity contribution in [1.29, 1.82) is 0 Å². The molecule has 1 amide bonds. The van der Waals surface area contributed by atoms with E-state index in [4.69, 9.17) is 4.52 Å². The first-order valence-corrected chi connectivity index (χ1v) is 14.0. The molecule has 3 fully saturated rings. The Kier molecular flexibility index (Phi) is 6.18. The van der Waals surface area contributed by atoms with Crippen molar-refractivity contribution in [3.63, 3.8) is 0 Å². The molecular formula is C19H30N4O6S2. The summed E-state index contributed by atoms with van der Waals surface area (Å²) in [5, 5.41) is 3.74. The number of likely N-dealkylation sites (tertiary alicyclic amines) is 1. The summed E-state index contributed by atoms with van der Waals surface area (Å²) >= 11 is 0. The number of sulfonamides is 1. The fraction of sp³-hybridized carbons (Fsp3) is 0.789. The van der Waals surface area contributed by atoms with E-state index in [1.807, 2.05) is 0 Å². The first-order valence-electron chi connectivity index (χ1n) is 10.7. The molecule has 0 aromatic carbocycles. The third-order valence-electron chi connectivity index (χ3n) is 6.72. The van der Waals surface area contributed by atoms with Gasteiger partial charge in [-0.05, 0) is 46.2 Å². The molecule has 12 heteroatoms. The van der Waals surface area contributed by atoms with Crippen LogP contribution in [0.1, 0.15) is 30.7 Å². The average molecular weight is 475 g/mol. The minimum absolute atomic E-state index is 0.0769. The molecule has 10 nitrogen and oxygen atoms in total. The van der Waals surface area contributed by atoms with Gasteiger partial charge in [-0.25, -0.2) is 16.8 Å². The van der Waals surface area contributed by atoms with Crippen LogP contribution in [0.4, 0.5) is 0 Å². The summed E-state index contributed by atoms with van der Waals surface area (Å²) < 4.78 is 55.8. The van der Waals surface area contributed by atoms with Gasteiger partial charge in [-0.2, -0.15) is 4.31 Å². The van der Waals surface area contributed by atoms with Gasteiger partial charge in [0.25, 0.3) is 0 Å². The van der Waals surface area contributed by atoms with E-state index in [1.54, 1.807) is 18.7 Å². The summed E-state index contributed by atoms with van der Waals surface area (Å²) in [4.78, 5) is 17.1. The van der Waals surface area contributed by atoms with Crippen LogP contribution in [0.3, 0.4) is 0 Å². The Balaban J connectivity index is 1.30. The molecule has 1 aromatic heterocycles. The second-order valence-corrected chi connectivity index (χ2v) is 12.9. The van der Waals surface area contributed by atoms with Gasteiger partial charge in [0.15, 0.2) is 15.6 Å². The maximum absolute atomic E-state index is 13.0. The molecule has 0 saturated carbocycles. The van der Waals surface area contributed by atoms with E-state index < -0.39 is 19.9 Å². The molecule has 0 radical (unpaired) electrons. The quantitative estimate of drug-likeness (QED) is 0.599. The second kappa shape index (κ2) is 8.45. The van der Waals surface area contributed by atoms with Crippen LogP contribution in [-0.2, 0) is 24.7 Å². The highest BCUT2D eigenvalue weighted by molar-refractivity contribution is 7.91. The van der Waals surface area contributed by atoms with E-state index in [-0.39, 0.29) is 53.1 Å². The molecular weight excluding hydrogens is 444 g/mol. The van der Waals surface area contributed by atoms with Crippen LogP contribution in [0.25, 0.3) is 0 Å². The second-order valence-electron chi connectivity index (χ2n) is 8.75. The van der Waals surface area contributed by atoms with Crippen molar-refractivity contribution in [2.24, 2.45) is 5.92 Å². The number of nitrogens with zero attached hydrogens (tertiary/aromatic N) is 4. The lowest BCUT2D eigenvalue weighted by molar-refractivity contribution is -0.138. The summed E-state index contributed by atoms with van der Waals surface area (Å²) in [5.41, 5.74) is 0.345. The predicted octanol–water partition coefficient (Wildman–Crippen LogP) is 0.0234. The first kappa shape index (κ1) is 22.7. The van der Waals surface area contributed by atoms with Gasteiger partial charge >= 0.3 is 0 Å². The lowest BCUT2D eigenvalue weighted by Crippen LogP contribution is -2.53. The highest BCUT2D eigenvalue weighted by atomic mass is 32.2. The Hall–Kier alpha value is -1.50. The van der Waals surface area contributed by atoms with E-state index in [0.717, 1.165) is 13.1 Å². The standard InChI is InChI=1S/C19H30N4O6S2/c1-14-18(15(2)29-20-14)31(27,28)23-10-8-22(9-11-23)19(24)16-3-6-21(7-4-16)17-5-12-30(25,26)13-17/h16-17H,3-13H2,1-2H3/t17-/m0/s1. The maximum atomic E-state index is 13.0. The molecule has 0 spiro atoms. The number of hydrogen-bond donors (Lipinski definition) is 0. The molecule has 3 aliphatic heterocycles. The van der Waals surface area contributed by atoms with Crippen LogP contribution in [0.2, 0.25) is 0 Å². The number of aromatic nitrogens is 1. The summed E-state index contributed by atoms with van der Waals surface area (Å²) in [5.74, 6) is 0.760. The van der Waals surface area contributed by atoms with Gasteiger partial charge in [0.05, 0.1) is 11.5 Å². The van der Waals surface area contributed by atoms with Crippen molar-refractivity contribution < 1.29 is 26.2 Å². The molecule has 0 N–H and O–H groups in total. The molecule has 0 bridgehead atoms. The Morgan fingerprint density at radius 2 is 1.68 bits per heavy atom. The van der Waals surface area contributed by atoms with Gasteiger partial charge in [-0.3, -0.25) is 9.69 Å². The van der Waals surface area contributed by atoms with Crippen molar-refractivity contribution >= 4 is 25.8 Å². The first-order chi connectivity index (χ1) is 14.6. The van der Waals surface area contributed by atoms with Crippen LogP contribution < -0.4 is 0 Å². The smallest absolute Gasteiger partial charge is 0.248 e. The van der Waals surface area contributed by atoms with Crippen molar-refractivity contribution in [3.05, 3.63) is 11.5 Å². The summed E-state index contributed by atoms with van der Waals surface area (Å²) in [6.07, 6.45) is 2.11. The van der Waals surface area contributed by atoms with Crippen LogP contribution in [0.15, 0.2) is 9.42 Å². The molecule has 31 heavy (non-hydrogen) atoms. The zero-order valence-electron chi connectivity index (χ0n) is 18.0. The molecule has 3 saturated heterocycles. The monoisotopic (exact) mass is 474 g/mol. The van der Waals surface area contributed by atoms with Crippen LogP contribution in [-0.4, -0.2) is 98.8 Å². The summed E-state index contributed by atoms with van der Waals surface area (Å²) in [6.45, 7) is 5.88. The SMILES string of the molecule is Cc1noc(C)c1S(=O)(=O)N1CCN(C(=O)C2CCN([C@H]3CCS(=O)(=O)C3)CC2)CC1. The fourth-order valence-electron chi connectivity index (χ4n) is 4.95. The van der Waals surface area contributed by atoms with Crippen LogP contribution in [0, 0.1) is 19.8 Å². The zero-order valence-corrected chi connectivity index (χ0v) is 19.6. The topological polar surface area (TPSA) is 121 Å². The van der Waals surface area contributed by atoms with Gasteiger partial charge in [0.1, 0.15) is 10.6 Å². The molecule has 4 rings (SSSR count). The fourth-order valence-corrected chi connectivity index (χ4v) is 8.43. The number of piperidine rings is 1. The van der Waals surface area contributed by atoms with E-state index in [0.29, 0.717) is 38.0 Å². The highest BCUT2D eigenvalue weighted by Gasteiger charge is 2.38. The summed E-state index contributed by atoms with van der Waals surface area (Å²) in [6, 6.07) is 0.0825. The van der Waals surface area contributed by atoms with Gasteiger partial charge in [-0.15, -0.1) is 0 Å². The van der Waals surface area contributed by atoms with Crippen molar-refractivity contribution in [3.8, 4) is 0 Å². The number of carbonyl (C=O) groups excluding carboxylic acids is 1. The molecule has 174 valence electrons. The predicted molar refractivity (Wildman–Crippen MR) is 113 cm³/mol. The largest absolute Gasteiger partial charge is 0.360 e. The van der Waals surface area contributed by atoms with Gasteiger partial charge in [0, 0.05) is 38.1 Å². The van der Waals surface area contributed by atoms with Crippen LogP contribution in [0.5, 0.6) is 0 Å². The van der Waals surface area contributed by atoms with Gasteiger partial charge < -0.3 is 9.42 Å². The molecule has 1 atom stereocenters. The Labute approximate surface area is 183 Å². The number of aryl methyl sites for hydroxylation is 2. The van der Waals surface area contributed by atoms with E-state index in [1.165, 1.54) is 4.31 Å². The lowest BCUT2D eigenvalue weighted by atomic mass is 9.94. The molecule has 3 aliphatic rings. The normalized spacial score (nSPS) is 26.4. The number of amides is 1. The van der Waals surface area contributed by atoms with Gasteiger partial charge in [-0.1, -0.05) is 5.16 Å². The minimum Gasteiger partial charge on any atom is -0.360 e. The third-order valence-corrected chi connectivity index (χ3v) is 10.6.